The fraction of sp³-hybridized carbons (Fsp3) is 0.600. The number of carbonyl (C=O) groups is 1. The van der Waals surface area contributed by atoms with Crippen molar-refractivity contribution in [1.82, 2.24) is 10.3 Å². The molecule has 2 atom stereocenters. The lowest BCUT2D eigenvalue weighted by molar-refractivity contribution is 0.0920. The lowest BCUT2D eigenvalue weighted by Crippen LogP contribution is -2.32. The largest absolute Gasteiger partial charge is 0.393 e. The minimum Gasteiger partial charge on any atom is -0.393 e. The second kappa shape index (κ2) is 4.72. The van der Waals surface area contributed by atoms with Crippen molar-refractivity contribution < 1.29 is 9.90 Å². The van der Waals surface area contributed by atoms with Gasteiger partial charge in [-0.2, -0.15) is 0 Å². The summed E-state index contributed by atoms with van der Waals surface area (Å²) in [5.41, 5.74) is 1.64. The van der Waals surface area contributed by atoms with Gasteiger partial charge in [-0.25, -0.2) is 0 Å². The Morgan fingerprint density at radius 2 is 2.53 bits per heavy atom. The van der Waals surface area contributed by atoms with Crippen LogP contribution in [0.1, 0.15) is 28.9 Å². The van der Waals surface area contributed by atoms with E-state index >= 15 is 0 Å². The van der Waals surface area contributed by atoms with Gasteiger partial charge in [-0.3, -0.25) is 9.78 Å². The van der Waals surface area contributed by atoms with Gasteiger partial charge in [0.1, 0.15) is 4.88 Å². The maximum absolute atomic E-state index is 11.5. The monoisotopic (exact) mass is 226 g/mol. The number of rotatable bonds is 3. The van der Waals surface area contributed by atoms with Crippen LogP contribution in [0.4, 0.5) is 0 Å². The molecule has 15 heavy (non-hydrogen) atoms. The molecule has 4 nitrogen and oxygen atoms in total. The molecule has 1 aromatic heterocycles. The third-order valence-electron chi connectivity index (χ3n) is 2.80. The molecule has 0 aromatic carbocycles. The van der Waals surface area contributed by atoms with Crippen molar-refractivity contribution in [3.8, 4) is 0 Å². The fourth-order valence-corrected chi connectivity index (χ4v) is 2.43. The van der Waals surface area contributed by atoms with Crippen LogP contribution in [0.3, 0.4) is 0 Å². The van der Waals surface area contributed by atoms with Crippen LogP contribution in [-0.4, -0.2) is 28.6 Å². The second-order valence-corrected chi connectivity index (χ2v) is 4.72. The predicted octanol–water partition coefficient (Wildman–Crippen LogP) is 1.03. The number of aliphatic hydroxyl groups is 1. The Labute approximate surface area is 92.3 Å². The summed E-state index contributed by atoms with van der Waals surface area (Å²) < 4.78 is 0. The number of aliphatic hydroxyl groups excluding tert-OH is 1. The molecule has 2 unspecified atom stereocenters. The molecule has 1 fully saturated rings. The topological polar surface area (TPSA) is 62.2 Å². The van der Waals surface area contributed by atoms with E-state index < -0.39 is 0 Å². The molecule has 0 radical (unpaired) electrons. The van der Waals surface area contributed by atoms with Crippen LogP contribution in [0.15, 0.2) is 11.7 Å². The number of aromatic nitrogens is 1. The highest BCUT2D eigenvalue weighted by atomic mass is 32.1. The van der Waals surface area contributed by atoms with Crippen LogP contribution in [0.5, 0.6) is 0 Å². The first-order valence-corrected chi connectivity index (χ1v) is 6.00. The van der Waals surface area contributed by atoms with Gasteiger partial charge in [-0.05, 0) is 12.8 Å². The van der Waals surface area contributed by atoms with Crippen LogP contribution < -0.4 is 5.32 Å². The Morgan fingerprint density at radius 1 is 1.67 bits per heavy atom. The Hall–Kier alpha value is -0.940. The highest BCUT2D eigenvalue weighted by molar-refractivity contribution is 7.11. The maximum Gasteiger partial charge on any atom is 0.263 e. The molecule has 0 spiro atoms. The van der Waals surface area contributed by atoms with Crippen molar-refractivity contribution in [2.24, 2.45) is 5.92 Å². The summed E-state index contributed by atoms with van der Waals surface area (Å²) in [6.07, 6.45) is 4.24. The van der Waals surface area contributed by atoms with Gasteiger partial charge in [-0.15, -0.1) is 11.3 Å². The molecule has 0 bridgehead atoms. The Bertz CT molecular complexity index is 326. The smallest absolute Gasteiger partial charge is 0.263 e. The average Bonchev–Trinajstić information content (AvgIpc) is 2.85. The van der Waals surface area contributed by atoms with Gasteiger partial charge in [0, 0.05) is 12.5 Å². The average molecular weight is 226 g/mol. The fourth-order valence-electron chi connectivity index (χ4n) is 1.89. The summed E-state index contributed by atoms with van der Waals surface area (Å²) in [5.74, 6) is 0.137. The number of nitrogens with zero attached hydrogens (tertiary/aromatic N) is 1. The molecule has 1 aliphatic rings. The lowest BCUT2D eigenvalue weighted by atomic mass is 10.1. The van der Waals surface area contributed by atoms with Crippen molar-refractivity contribution in [3.05, 3.63) is 16.6 Å². The SMILES string of the molecule is O=C(NCC1CCCC1O)c1cncs1. The lowest BCUT2D eigenvalue weighted by Gasteiger charge is -2.14. The zero-order valence-corrected chi connectivity index (χ0v) is 9.17. The van der Waals surface area contributed by atoms with E-state index in [9.17, 15) is 9.90 Å². The predicted molar refractivity (Wildman–Crippen MR) is 57.8 cm³/mol. The van der Waals surface area contributed by atoms with Crippen LogP contribution in [-0.2, 0) is 0 Å². The second-order valence-electron chi connectivity index (χ2n) is 3.83. The summed E-state index contributed by atoms with van der Waals surface area (Å²) in [6.45, 7) is 0.567. The van der Waals surface area contributed by atoms with Gasteiger partial charge in [0.15, 0.2) is 0 Å². The van der Waals surface area contributed by atoms with Gasteiger partial charge in [-0.1, -0.05) is 6.42 Å². The molecule has 1 amide bonds. The molecule has 2 N–H and O–H groups in total. The standard InChI is InChI=1S/C10H14N2O2S/c13-8-3-1-2-7(8)4-12-10(14)9-5-11-6-15-9/h5-8,13H,1-4H2,(H,12,14). The third-order valence-corrected chi connectivity index (χ3v) is 3.57. The van der Waals surface area contributed by atoms with Crippen molar-refractivity contribution >= 4 is 17.2 Å². The van der Waals surface area contributed by atoms with E-state index in [0.29, 0.717) is 11.4 Å². The summed E-state index contributed by atoms with van der Waals surface area (Å²) in [7, 11) is 0. The van der Waals surface area contributed by atoms with E-state index in [2.05, 4.69) is 10.3 Å². The number of nitrogens with one attached hydrogen (secondary N) is 1. The van der Waals surface area contributed by atoms with Crippen molar-refractivity contribution in [1.29, 1.82) is 0 Å². The first kappa shape index (κ1) is 10.6. The van der Waals surface area contributed by atoms with Crippen LogP contribution in [0.25, 0.3) is 0 Å². The van der Waals surface area contributed by atoms with Crippen LogP contribution in [0.2, 0.25) is 0 Å². The van der Waals surface area contributed by atoms with E-state index in [1.165, 1.54) is 11.3 Å². The normalized spacial score (nSPS) is 25.4. The minimum atomic E-state index is -0.244. The van der Waals surface area contributed by atoms with Crippen molar-refractivity contribution in [3.63, 3.8) is 0 Å². The number of hydrogen-bond acceptors (Lipinski definition) is 4. The van der Waals surface area contributed by atoms with E-state index in [1.54, 1.807) is 11.7 Å². The zero-order valence-electron chi connectivity index (χ0n) is 8.35. The highest BCUT2D eigenvalue weighted by Crippen LogP contribution is 2.24. The Balaban J connectivity index is 1.81. The van der Waals surface area contributed by atoms with Gasteiger partial charge in [0.2, 0.25) is 0 Å². The van der Waals surface area contributed by atoms with Gasteiger partial charge < -0.3 is 10.4 Å². The summed E-state index contributed by atoms with van der Waals surface area (Å²) in [6, 6.07) is 0. The quantitative estimate of drug-likeness (QED) is 0.809. The van der Waals surface area contributed by atoms with E-state index in [-0.39, 0.29) is 17.9 Å². The van der Waals surface area contributed by atoms with Gasteiger partial charge in [0.25, 0.3) is 5.91 Å². The summed E-state index contributed by atoms with van der Waals surface area (Å²) in [4.78, 5) is 16.0. The van der Waals surface area contributed by atoms with E-state index in [1.807, 2.05) is 0 Å². The molecule has 0 aliphatic heterocycles. The molecule has 2 rings (SSSR count). The Morgan fingerprint density at radius 3 is 3.13 bits per heavy atom. The number of thiazole rings is 1. The first-order chi connectivity index (χ1) is 7.27. The van der Waals surface area contributed by atoms with Crippen LogP contribution >= 0.6 is 11.3 Å². The Kier molecular flexibility index (Phi) is 3.33. The summed E-state index contributed by atoms with van der Waals surface area (Å²) >= 11 is 1.33. The van der Waals surface area contributed by atoms with Crippen molar-refractivity contribution in [2.45, 2.75) is 25.4 Å². The molecule has 82 valence electrons. The molecule has 1 saturated carbocycles. The summed E-state index contributed by atoms with van der Waals surface area (Å²) in [5, 5.41) is 12.4. The number of amides is 1. The minimum absolute atomic E-state index is 0.0865. The molecule has 1 aromatic rings. The molecular formula is C10H14N2O2S. The van der Waals surface area contributed by atoms with Gasteiger partial charge in [0.05, 0.1) is 17.8 Å². The zero-order chi connectivity index (χ0) is 10.7. The first-order valence-electron chi connectivity index (χ1n) is 5.12. The van der Waals surface area contributed by atoms with Crippen molar-refractivity contribution in [2.75, 3.05) is 6.54 Å². The third kappa shape index (κ3) is 2.54. The van der Waals surface area contributed by atoms with E-state index in [4.69, 9.17) is 0 Å². The van der Waals surface area contributed by atoms with Crippen LogP contribution in [0, 0.1) is 5.92 Å². The molecule has 1 heterocycles. The van der Waals surface area contributed by atoms with E-state index in [0.717, 1.165) is 19.3 Å². The van der Waals surface area contributed by atoms with Gasteiger partial charge >= 0.3 is 0 Å². The molecule has 1 aliphatic carbocycles. The molecule has 5 heteroatoms. The molecule has 0 saturated heterocycles. The maximum atomic E-state index is 11.5. The highest BCUT2D eigenvalue weighted by Gasteiger charge is 2.25. The number of hydrogen-bond donors (Lipinski definition) is 2. The number of carbonyl (C=O) groups excluding carboxylic acids is 1. The molecular weight excluding hydrogens is 212 g/mol.